The minimum atomic E-state index is -4.30. The van der Waals surface area contributed by atoms with Crippen molar-refractivity contribution in [2.45, 2.75) is 89.8 Å². The van der Waals surface area contributed by atoms with Crippen LogP contribution in [-0.2, 0) is 25.7 Å². The van der Waals surface area contributed by atoms with Gasteiger partial charge in [0, 0.05) is 13.1 Å². The van der Waals surface area contributed by atoms with Crippen LogP contribution in [0.15, 0.2) is 30.3 Å². The molecule has 1 aliphatic heterocycles. The van der Waals surface area contributed by atoms with Gasteiger partial charge in [-0.1, -0.05) is 44.2 Å². The van der Waals surface area contributed by atoms with Gasteiger partial charge in [0.2, 0.25) is 11.7 Å². The molecule has 0 aromatic heterocycles. The van der Waals surface area contributed by atoms with Gasteiger partial charge >= 0.3 is 12.0 Å². The van der Waals surface area contributed by atoms with E-state index in [0.29, 0.717) is 30.6 Å². The van der Waals surface area contributed by atoms with E-state index in [9.17, 15) is 19.2 Å². The van der Waals surface area contributed by atoms with Crippen molar-refractivity contribution in [3.63, 3.8) is 0 Å². The Balaban J connectivity index is 1.18. The molecular weight excluding hydrogens is 532 g/mol. The number of likely N-dealkylation sites (tertiary alicyclic amines) is 1. The van der Waals surface area contributed by atoms with Crippen LogP contribution in [0.4, 0.5) is 13.6 Å². The average molecular weight is 574 g/mol. The highest BCUT2D eigenvalue weighted by atomic mass is 19.3. The number of ether oxygens (including phenoxy) is 1. The van der Waals surface area contributed by atoms with Crippen molar-refractivity contribution in [2.24, 2.45) is 29.1 Å². The molecule has 5 fully saturated rings. The van der Waals surface area contributed by atoms with Gasteiger partial charge in [-0.05, 0) is 86.0 Å². The van der Waals surface area contributed by atoms with Gasteiger partial charge in [-0.25, -0.2) is 4.79 Å². The number of benzene rings is 1. The molecule has 1 aromatic rings. The normalized spacial score (nSPS) is 29.3. The van der Waals surface area contributed by atoms with Gasteiger partial charge in [-0.15, -0.1) is 0 Å². The number of hydrogen-bond acceptors (Lipinski definition) is 5. The van der Waals surface area contributed by atoms with Crippen LogP contribution in [0.25, 0.3) is 0 Å². The molecule has 1 heterocycles. The Morgan fingerprint density at radius 3 is 2.22 bits per heavy atom. The summed E-state index contributed by atoms with van der Waals surface area (Å²) in [6.07, 6.45) is 6.56. The van der Waals surface area contributed by atoms with Crippen LogP contribution in [0.1, 0.15) is 70.8 Å². The Morgan fingerprint density at radius 2 is 1.63 bits per heavy atom. The van der Waals surface area contributed by atoms with Gasteiger partial charge in [0.15, 0.2) is 0 Å². The zero-order valence-electron chi connectivity index (χ0n) is 23.9. The van der Waals surface area contributed by atoms with E-state index in [2.05, 4.69) is 10.6 Å². The first kappa shape index (κ1) is 29.5. The maximum absolute atomic E-state index is 15.3. The number of Topliss-reactive ketones (excluding diaryl/α,β-unsaturated/α-hetero) is 1. The van der Waals surface area contributed by atoms with Crippen molar-refractivity contribution in [1.29, 1.82) is 0 Å². The van der Waals surface area contributed by atoms with Crippen LogP contribution in [0.3, 0.4) is 0 Å². The van der Waals surface area contributed by atoms with Crippen LogP contribution >= 0.6 is 0 Å². The highest BCUT2D eigenvalue weighted by Gasteiger charge is 2.54. The lowest BCUT2D eigenvalue weighted by Crippen LogP contribution is -2.60. The smallest absolute Gasteiger partial charge is 0.410 e. The number of carbonyl (C=O) groups excluding carboxylic acids is 4. The van der Waals surface area contributed by atoms with Crippen LogP contribution in [0.5, 0.6) is 0 Å². The SMILES string of the molecule is CC(C)C(NC(=O)C1CCCN1C(=O)OCc1ccccc1)C(=O)C(F)(F)C(=O)NCC12CC3CC(CC(C3)C1)C2. The Hall–Kier alpha value is -3.04. The van der Waals surface area contributed by atoms with Gasteiger partial charge in [0.1, 0.15) is 12.6 Å². The largest absolute Gasteiger partial charge is 0.445 e. The van der Waals surface area contributed by atoms with E-state index in [0.717, 1.165) is 24.8 Å². The van der Waals surface area contributed by atoms with Gasteiger partial charge in [-0.3, -0.25) is 19.3 Å². The molecule has 2 N–H and O–H groups in total. The summed E-state index contributed by atoms with van der Waals surface area (Å²) in [4.78, 5) is 53.0. The van der Waals surface area contributed by atoms with Crippen molar-refractivity contribution in [1.82, 2.24) is 15.5 Å². The molecule has 4 aliphatic carbocycles. The summed E-state index contributed by atoms with van der Waals surface area (Å²) in [5.41, 5.74) is 0.631. The average Bonchev–Trinajstić information content (AvgIpc) is 3.43. The molecule has 10 heteroatoms. The lowest BCUT2D eigenvalue weighted by Gasteiger charge is -2.56. The van der Waals surface area contributed by atoms with Crippen molar-refractivity contribution < 1.29 is 32.7 Å². The first-order valence-electron chi connectivity index (χ1n) is 15.0. The van der Waals surface area contributed by atoms with E-state index in [4.69, 9.17) is 4.74 Å². The number of hydrogen-bond donors (Lipinski definition) is 2. The number of ketones is 1. The predicted octanol–water partition coefficient (Wildman–Crippen LogP) is 4.47. The minimum absolute atomic E-state index is 0.0300. The van der Waals surface area contributed by atoms with E-state index in [1.165, 1.54) is 38.0 Å². The molecule has 1 saturated heterocycles. The second kappa shape index (κ2) is 11.7. The van der Waals surface area contributed by atoms with E-state index in [-0.39, 0.29) is 25.1 Å². The number of nitrogens with one attached hydrogen (secondary N) is 2. The van der Waals surface area contributed by atoms with Gasteiger partial charge in [-0.2, -0.15) is 8.78 Å². The minimum Gasteiger partial charge on any atom is -0.445 e. The molecule has 41 heavy (non-hydrogen) atoms. The Morgan fingerprint density at radius 1 is 1.02 bits per heavy atom. The monoisotopic (exact) mass is 573 g/mol. The first-order valence-corrected chi connectivity index (χ1v) is 15.0. The highest BCUT2D eigenvalue weighted by molar-refractivity contribution is 6.10. The summed E-state index contributed by atoms with van der Waals surface area (Å²) in [6, 6.07) is 6.54. The summed E-state index contributed by atoms with van der Waals surface area (Å²) >= 11 is 0. The molecule has 4 bridgehead atoms. The van der Waals surface area contributed by atoms with E-state index >= 15 is 8.78 Å². The zero-order valence-corrected chi connectivity index (χ0v) is 23.9. The molecule has 6 rings (SSSR count). The number of alkyl halides is 2. The summed E-state index contributed by atoms with van der Waals surface area (Å²) in [7, 11) is 0. The van der Waals surface area contributed by atoms with E-state index in [1.54, 1.807) is 12.1 Å². The number of rotatable bonds is 10. The Labute approximate surface area is 239 Å². The molecule has 224 valence electrons. The molecule has 4 saturated carbocycles. The topological polar surface area (TPSA) is 105 Å². The molecule has 5 aliphatic rings. The summed E-state index contributed by atoms with van der Waals surface area (Å²) in [5.74, 6) is -7.15. The molecule has 0 spiro atoms. The summed E-state index contributed by atoms with van der Waals surface area (Å²) in [6.45, 7) is 3.52. The van der Waals surface area contributed by atoms with Crippen LogP contribution < -0.4 is 10.6 Å². The van der Waals surface area contributed by atoms with Gasteiger partial charge in [0.25, 0.3) is 5.91 Å². The predicted molar refractivity (Wildman–Crippen MR) is 147 cm³/mol. The summed E-state index contributed by atoms with van der Waals surface area (Å²) in [5, 5.41) is 4.85. The van der Waals surface area contributed by atoms with Crippen molar-refractivity contribution in [3.05, 3.63) is 35.9 Å². The maximum atomic E-state index is 15.3. The molecular formula is C31H41F2N3O5. The number of halogens is 2. The Bertz CT molecular complexity index is 1120. The summed E-state index contributed by atoms with van der Waals surface area (Å²) < 4.78 is 35.9. The highest BCUT2D eigenvalue weighted by Crippen LogP contribution is 2.59. The van der Waals surface area contributed by atoms with Gasteiger partial charge in [0.05, 0.1) is 6.04 Å². The van der Waals surface area contributed by atoms with Crippen molar-refractivity contribution in [2.75, 3.05) is 13.1 Å². The lowest BCUT2D eigenvalue weighted by molar-refractivity contribution is -0.162. The number of nitrogens with zero attached hydrogens (tertiary/aromatic N) is 1. The quantitative estimate of drug-likeness (QED) is 0.402. The fourth-order valence-electron chi connectivity index (χ4n) is 8.04. The first-order chi connectivity index (χ1) is 19.5. The Kier molecular flexibility index (Phi) is 8.39. The molecule has 1 aromatic carbocycles. The third kappa shape index (κ3) is 6.26. The van der Waals surface area contributed by atoms with E-state index < -0.39 is 47.6 Å². The molecule has 0 radical (unpaired) electrons. The fraction of sp³-hybridized carbons (Fsp3) is 0.677. The maximum Gasteiger partial charge on any atom is 0.410 e. The molecule has 8 nitrogen and oxygen atoms in total. The van der Waals surface area contributed by atoms with Crippen molar-refractivity contribution >= 4 is 23.7 Å². The third-order valence-corrected chi connectivity index (χ3v) is 9.63. The standard InChI is InChI=1S/C31H41F2N3O5/c1-19(2)25(35-27(38)24-9-6-10-36(24)29(40)41-17-20-7-4-3-5-8-20)26(37)31(32,33)28(39)34-18-30-14-21-11-22(15-30)13-23(12-21)16-30/h3-5,7-8,19,21-25H,6,9-18H2,1-2H3,(H,34,39)(H,35,38). The van der Waals surface area contributed by atoms with Crippen LogP contribution in [0.2, 0.25) is 0 Å². The second-order valence-electron chi connectivity index (χ2n) is 13.2. The third-order valence-electron chi connectivity index (χ3n) is 9.63. The number of carbonyl (C=O) groups is 4. The van der Waals surface area contributed by atoms with Crippen LogP contribution in [0, 0.1) is 29.1 Å². The fourth-order valence-corrected chi connectivity index (χ4v) is 8.04. The second-order valence-corrected chi connectivity index (χ2v) is 13.2. The number of amides is 3. The molecule has 2 unspecified atom stereocenters. The lowest BCUT2D eigenvalue weighted by atomic mass is 9.49. The van der Waals surface area contributed by atoms with E-state index in [1.807, 2.05) is 18.2 Å². The van der Waals surface area contributed by atoms with Crippen molar-refractivity contribution in [3.8, 4) is 0 Å². The van der Waals surface area contributed by atoms with Gasteiger partial charge < -0.3 is 15.4 Å². The van der Waals surface area contributed by atoms with Crippen LogP contribution in [-0.4, -0.2) is 59.7 Å². The molecule has 3 amide bonds. The zero-order chi connectivity index (χ0) is 29.4. The molecule has 2 atom stereocenters.